The Morgan fingerprint density at radius 3 is 2.48 bits per heavy atom. The first kappa shape index (κ1) is 23.0. The van der Waals surface area contributed by atoms with Gasteiger partial charge in [0.05, 0.1) is 22.1 Å². The monoisotopic (exact) mass is 458 g/mol. The number of carbonyl (C=O) groups excluding carboxylic acids is 2. The van der Waals surface area contributed by atoms with E-state index in [2.05, 4.69) is 14.8 Å². The van der Waals surface area contributed by atoms with Gasteiger partial charge in [-0.05, 0) is 49.2 Å². The van der Waals surface area contributed by atoms with Crippen molar-refractivity contribution < 1.29 is 22.7 Å². The predicted octanol–water partition coefficient (Wildman–Crippen LogP) is 3.87. The Labute approximate surface area is 179 Å². The number of halogens is 2. The van der Waals surface area contributed by atoms with Crippen LogP contribution in [-0.2, 0) is 19.6 Å². The average molecular weight is 459 g/mol. The summed E-state index contributed by atoms with van der Waals surface area (Å²) in [7, 11) is -2.57. The summed E-state index contributed by atoms with van der Waals surface area (Å²) < 4.78 is 32.0. The van der Waals surface area contributed by atoms with Crippen LogP contribution >= 0.6 is 23.2 Å². The van der Waals surface area contributed by atoms with Crippen molar-refractivity contribution in [3.63, 3.8) is 0 Å². The summed E-state index contributed by atoms with van der Waals surface area (Å²) in [6, 6.07) is 10.1. The summed E-state index contributed by atoms with van der Waals surface area (Å²) in [5.74, 6) is -0.642. The summed E-state index contributed by atoms with van der Waals surface area (Å²) in [6.45, 7) is 0.384. The highest BCUT2D eigenvalue weighted by atomic mass is 35.5. The highest BCUT2D eigenvalue weighted by Gasteiger charge is 2.16. The first-order chi connectivity index (χ1) is 13.7. The Hall–Kier alpha value is -2.29. The van der Waals surface area contributed by atoms with Crippen molar-refractivity contribution in [2.24, 2.45) is 0 Å². The second-order valence-electron chi connectivity index (χ2n) is 6.05. The summed E-state index contributed by atoms with van der Waals surface area (Å²) in [5.41, 5.74) is 0.529. The molecule has 156 valence electrons. The van der Waals surface area contributed by atoms with Crippen molar-refractivity contribution in [1.82, 2.24) is 5.32 Å². The van der Waals surface area contributed by atoms with Crippen molar-refractivity contribution >= 4 is 50.8 Å². The molecule has 7 nitrogen and oxygen atoms in total. The Balaban J connectivity index is 1.98. The minimum absolute atomic E-state index is 0.0487. The van der Waals surface area contributed by atoms with Gasteiger partial charge in [-0.15, -0.1) is 0 Å². The molecule has 0 fully saturated rings. The molecule has 2 aromatic rings. The van der Waals surface area contributed by atoms with E-state index in [-0.39, 0.29) is 32.5 Å². The molecule has 2 aromatic carbocycles. The van der Waals surface area contributed by atoms with Crippen LogP contribution in [0.25, 0.3) is 0 Å². The highest BCUT2D eigenvalue weighted by Crippen LogP contribution is 2.26. The molecule has 0 aromatic heterocycles. The quantitative estimate of drug-likeness (QED) is 0.438. The fourth-order valence-corrected chi connectivity index (χ4v) is 3.82. The summed E-state index contributed by atoms with van der Waals surface area (Å²) in [5, 5.41) is 3.09. The molecule has 0 saturated heterocycles. The molecule has 0 atom stereocenters. The van der Waals surface area contributed by atoms with Crippen LogP contribution in [0.15, 0.2) is 47.4 Å². The number of sulfonamides is 1. The Bertz CT molecular complexity index is 996. The van der Waals surface area contributed by atoms with Crippen LogP contribution in [0, 0.1) is 0 Å². The molecule has 0 unspecified atom stereocenters. The first-order valence-corrected chi connectivity index (χ1v) is 10.9. The number of ether oxygens (including phenoxy) is 1. The second-order valence-corrected chi connectivity index (χ2v) is 8.55. The molecule has 0 bridgehead atoms. The molecular formula is C19H20Cl2N2O5S. The van der Waals surface area contributed by atoms with E-state index < -0.39 is 10.0 Å². The first-order valence-electron chi connectivity index (χ1n) is 8.66. The van der Waals surface area contributed by atoms with Gasteiger partial charge >= 0.3 is 5.97 Å². The molecule has 0 saturated carbocycles. The van der Waals surface area contributed by atoms with E-state index >= 15 is 0 Å². The minimum atomic E-state index is -3.90. The normalized spacial score (nSPS) is 11.0. The zero-order valence-corrected chi connectivity index (χ0v) is 17.9. The van der Waals surface area contributed by atoms with Crippen LogP contribution in [0.1, 0.15) is 29.6 Å². The van der Waals surface area contributed by atoms with Crippen molar-refractivity contribution in [1.29, 1.82) is 0 Å². The molecular weight excluding hydrogens is 439 g/mol. The molecule has 0 aliphatic rings. The van der Waals surface area contributed by atoms with E-state index in [1.54, 1.807) is 12.1 Å². The lowest BCUT2D eigenvalue weighted by Crippen LogP contribution is -2.24. The third kappa shape index (κ3) is 6.92. The van der Waals surface area contributed by atoms with Gasteiger partial charge in [0.1, 0.15) is 0 Å². The third-order valence-electron chi connectivity index (χ3n) is 3.90. The van der Waals surface area contributed by atoms with Crippen molar-refractivity contribution in [2.75, 3.05) is 18.4 Å². The fourth-order valence-electron chi connectivity index (χ4n) is 2.38. The lowest BCUT2D eigenvalue weighted by Gasteiger charge is -2.10. The molecule has 0 heterocycles. The Morgan fingerprint density at radius 1 is 1.03 bits per heavy atom. The Kier molecular flexibility index (Phi) is 8.31. The molecule has 1 amide bonds. The topological polar surface area (TPSA) is 102 Å². The lowest BCUT2D eigenvalue weighted by atomic mass is 10.2. The largest absolute Gasteiger partial charge is 0.469 e. The van der Waals surface area contributed by atoms with E-state index in [1.807, 2.05) is 0 Å². The molecule has 0 aliphatic carbocycles. The van der Waals surface area contributed by atoms with E-state index in [4.69, 9.17) is 23.2 Å². The molecule has 2 rings (SSSR count). The smallest absolute Gasteiger partial charge is 0.305 e. The number of hydrogen-bond acceptors (Lipinski definition) is 5. The van der Waals surface area contributed by atoms with Gasteiger partial charge in [0.25, 0.3) is 15.9 Å². The molecule has 29 heavy (non-hydrogen) atoms. The van der Waals surface area contributed by atoms with E-state index in [0.717, 1.165) is 0 Å². The summed E-state index contributed by atoms with van der Waals surface area (Å²) >= 11 is 11.7. The summed E-state index contributed by atoms with van der Waals surface area (Å²) in [4.78, 5) is 23.2. The molecule has 0 radical (unpaired) electrons. The van der Waals surface area contributed by atoms with Gasteiger partial charge in [-0.3, -0.25) is 14.3 Å². The number of benzene rings is 2. The number of esters is 1. The van der Waals surface area contributed by atoms with E-state index in [9.17, 15) is 18.0 Å². The second kappa shape index (κ2) is 10.5. The number of anilines is 1. The zero-order valence-electron chi connectivity index (χ0n) is 15.6. The van der Waals surface area contributed by atoms with Gasteiger partial charge in [0.2, 0.25) is 0 Å². The number of unbranched alkanes of at least 4 members (excludes halogenated alkanes) is 1. The average Bonchev–Trinajstić information content (AvgIpc) is 2.69. The van der Waals surface area contributed by atoms with Crippen molar-refractivity contribution in [3.05, 3.63) is 58.1 Å². The Morgan fingerprint density at radius 2 is 1.79 bits per heavy atom. The highest BCUT2D eigenvalue weighted by molar-refractivity contribution is 7.92. The molecule has 0 aliphatic heterocycles. The van der Waals surface area contributed by atoms with E-state index in [0.29, 0.717) is 31.4 Å². The number of rotatable bonds is 9. The van der Waals surface area contributed by atoms with Crippen LogP contribution in [0.3, 0.4) is 0 Å². The SMILES string of the molecule is COC(=O)CCCCNC(=O)c1cccc(NS(=O)(=O)c2ccc(Cl)c(Cl)c2)c1. The maximum Gasteiger partial charge on any atom is 0.305 e. The van der Waals surface area contributed by atoms with Crippen LogP contribution in [0.2, 0.25) is 10.0 Å². The molecule has 10 heteroatoms. The maximum absolute atomic E-state index is 12.5. The van der Waals surface area contributed by atoms with Gasteiger partial charge in [-0.2, -0.15) is 0 Å². The van der Waals surface area contributed by atoms with Gasteiger partial charge in [0, 0.05) is 24.2 Å². The number of hydrogen-bond donors (Lipinski definition) is 2. The minimum Gasteiger partial charge on any atom is -0.469 e. The number of amides is 1. The van der Waals surface area contributed by atoms with Crippen molar-refractivity contribution in [2.45, 2.75) is 24.2 Å². The van der Waals surface area contributed by atoms with Gasteiger partial charge < -0.3 is 10.1 Å². The van der Waals surface area contributed by atoms with Crippen LogP contribution in [-0.4, -0.2) is 33.9 Å². The van der Waals surface area contributed by atoms with Crippen LogP contribution in [0.4, 0.5) is 5.69 Å². The van der Waals surface area contributed by atoms with Gasteiger partial charge in [-0.1, -0.05) is 29.3 Å². The zero-order chi connectivity index (χ0) is 21.4. The van der Waals surface area contributed by atoms with Crippen LogP contribution < -0.4 is 10.0 Å². The maximum atomic E-state index is 12.5. The lowest BCUT2D eigenvalue weighted by molar-refractivity contribution is -0.140. The predicted molar refractivity (Wildman–Crippen MR) is 112 cm³/mol. The number of nitrogens with one attached hydrogen (secondary N) is 2. The van der Waals surface area contributed by atoms with Crippen molar-refractivity contribution in [3.8, 4) is 0 Å². The molecule has 2 N–H and O–H groups in total. The van der Waals surface area contributed by atoms with E-state index in [1.165, 1.54) is 37.4 Å². The number of carbonyl (C=O) groups is 2. The fraction of sp³-hybridized carbons (Fsp3) is 0.263. The third-order valence-corrected chi connectivity index (χ3v) is 6.02. The number of methoxy groups -OCH3 is 1. The van der Waals surface area contributed by atoms with Crippen LogP contribution in [0.5, 0.6) is 0 Å². The van der Waals surface area contributed by atoms with Gasteiger partial charge in [0.15, 0.2) is 0 Å². The van der Waals surface area contributed by atoms with Gasteiger partial charge in [-0.25, -0.2) is 8.42 Å². The summed E-state index contributed by atoms with van der Waals surface area (Å²) in [6.07, 6.45) is 1.50. The standard InChI is InChI=1S/C19H20Cl2N2O5S/c1-28-18(24)7-2-3-10-22-19(25)13-5-4-6-14(11-13)23-29(26,27)15-8-9-16(20)17(21)12-15/h4-6,8-9,11-12,23H,2-3,7,10H2,1H3,(H,22,25). The molecule has 0 spiro atoms.